The summed E-state index contributed by atoms with van der Waals surface area (Å²) in [5, 5.41) is 14.1. The molecule has 1 heterocycles. The molecule has 112 valence electrons. The SMILES string of the molecule is COC1CNCCC1NC(=O)O.ClCc1ccccc1. The minimum atomic E-state index is -0.982. The fourth-order valence-corrected chi connectivity index (χ4v) is 2.15. The first kappa shape index (κ1) is 16.8. The first-order valence-electron chi connectivity index (χ1n) is 6.50. The van der Waals surface area contributed by atoms with E-state index in [2.05, 4.69) is 10.6 Å². The van der Waals surface area contributed by atoms with Gasteiger partial charge < -0.3 is 20.5 Å². The van der Waals surface area contributed by atoms with Crippen molar-refractivity contribution in [1.82, 2.24) is 10.6 Å². The van der Waals surface area contributed by atoms with Crippen LogP contribution in [0.1, 0.15) is 12.0 Å². The Morgan fingerprint density at radius 2 is 2.20 bits per heavy atom. The topological polar surface area (TPSA) is 70.6 Å². The summed E-state index contributed by atoms with van der Waals surface area (Å²) in [6, 6.07) is 9.89. The Morgan fingerprint density at radius 3 is 2.70 bits per heavy atom. The van der Waals surface area contributed by atoms with Crippen LogP contribution in [0.3, 0.4) is 0 Å². The Morgan fingerprint density at radius 1 is 1.50 bits per heavy atom. The summed E-state index contributed by atoms with van der Waals surface area (Å²) in [5.74, 6) is 0.612. The summed E-state index contributed by atoms with van der Waals surface area (Å²) >= 11 is 5.53. The first-order valence-corrected chi connectivity index (χ1v) is 7.03. The largest absolute Gasteiger partial charge is 0.465 e. The molecule has 6 heteroatoms. The molecule has 1 aromatic carbocycles. The molecule has 0 spiro atoms. The summed E-state index contributed by atoms with van der Waals surface area (Å²) < 4.78 is 5.12. The zero-order valence-corrected chi connectivity index (χ0v) is 12.3. The van der Waals surface area contributed by atoms with Crippen LogP contribution < -0.4 is 10.6 Å². The van der Waals surface area contributed by atoms with Gasteiger partial charge in [-0.05, 0) is 18.5 Å². The molecular weight excluding hydrogens is 280 g/mol. The second-order valence-electron chi connectivity index (χ2n) is 4.44. The van der Waals surface area contributed by atoms with E-state index in [4.69, 9.17) is 21.4 Å². The van der Waals surface area contributed by atoms with Gasteiger partial charge in [0.1, 0.15) is 0 Å². The van der Waals surface area contributed by atoms with Crippen LogP contribution in [0.4, 0.5) is 4.79 Å². The lowest BCUT2D eigenvalue weighted by Gasteiger charge is -2.30. The van der Waals surface area contributed by atoms with Gasteiger partial charge in [-0.3, -0.25) is 0 Å². The summed E-state index contributed by atoms with van der Waals surface area (Å²) in [7, 11) is 1.59. The van der Waals surface area contributed by atoms with Crippen molar-refractivity contribution in [3.05, 3.63) is 35.9 Å². The highest BCUT2D eigenvalue weighted by Crippen LogP contribution is 2.06. The number of halogens is 1. The van der Waals surface area contributed by atoms with E-state index in [1.54, 1.807) is 7.11 Å². The number of carboxylic acid groups (broad SMARTS) is 1. The highest BCUT2D eigenvalue weighted by atomic mass is 35.5. The van der Waals surface area contributed by atoms with E-state index in [1.165, 1.54) is 5.56 Å². The van der Waals surface area contributed by atoms with Crippen LogP contribution in [0.2, 0.25) is 0 Å². The zero-order valence-electron chi connectivity index (χ0n) is 11.5. The smallest absolute Gasteiger partial charge is 0.404 e. The Balaban J connectivity index is 0.000000217. The number of hydrogen-bond donors (Lipinski definition) is 3. The van der Waals surface area contributed by atoms with E-state index in [9.17, 15) is 4.79 Å². The van der Waals surface area contributed by atoms with E-state index < -0.39 is 6.09 Å². The predicted molar refractivity (Wildman–Crippen MR) is 79.2 cm³/mol. The monoisotopic (exact) mass is 300 g/mol. The molecule has 1 saturated heterocycles. The molecule has 1 fully saturated rings. The molecule has 20 heavy (non-hydrogen) atoms. The van der Waals surface area contributed by atoms with Gasteiger partial charge in [-0.2, -0.15) is 0 Å². The van der Waals surface area contributed by atoms with Crippen molar-refractivity contribution in [2.45, 2.75) is 24.4 Å². The van der Waals surface area contributed by atoms with Crippen molar-refractivity contribution in [3.8, 4) is 0 Å². The van der Waals surface area contributed by atoms with E-state index in [0.29, 0.717) is 12.4 Å². The van der Waals surface area contributed by atoms with Crippen LogP contribution in [0.15, 0.2) is 30.3 Å². The number of alkyl halides is 1. The van der Waals surface area contributed by atoms with Crippen LogP contribution in [-0.2, 0) is 10.6 Å². The highest BCUT2D eigenvalue weighted by molar-refractivity contribution is 6.17. The molecular formula is C14H21ClN2O3. The molecule has 0 aromatic heterocycles. The normalized spacial score (nSPS) is 21.5. The number of hydrogen-bond acceptors (Lipinski definition) is 3. The van der Waals surface area contributed by atoms with Crippen LogP contribution in [0.5, 0.6) is 0 Å². The maximum absolute atomic E-state index is 10.3. The van der Waals surface area contributed by atoms with Crippen molar-refractivity contribution in [1.29, 1.82) is 0 Å². The molecule has 0 bridgehead atoms. The van der Waals surface area contributed by atoms with Crippen LogP contribution in [0.25, 0.3) is 0 Å². The molecule has 1 aromatic rings. The number of amides is 1. The Bertz CT molecular complexity index is 389. The highest BCUT2D eigenvalue weighted by Gasteiger charge is 2.25. The van der Waals surface area contributed by atoms with Crippen LogP contribution in [-0.4, -0.2) is 43.5 Å². The van der Waals surface area contributed by atoms with E-state index in [0.717, 1.165) is 13.0 Å². The summed E-state index contributed by atoms with van der Waals surface area (Å²) in [6.45, 7) is 1.55. The molecule has 0 aliphatic carbocycles. The summed E-state index contributed by atoms with van der Waals surface area (Å²) in [5.41, 5.74) is 1.18. The van der Waals surface area contributed by atoms with Gasteiger partial charge in [0.2, 0.25) is 0 Å². The quantitative estimate of drug-likeness (QED) is 0.747. The van der Waals surface area contributed by atoms with E-state index in [-0.39, 0.29) is 12.1 Å². The standard InChI is InChI=1S/C7H7Cl.C7H14N2O3/c8-6-7-4-2-1-3-5-7;1-12-6-4-8-3-2-5(6)9-7(10)11/h1-5H,6H2;5-6,8-9H,2-4H2,1H3,(H,10,11). The molecule has 1 amide bonds. The van der Waals surface area contributed by atoms with E-state index in [1.807, 2.05) is 30.3 Å². The van der Waals surface area contributed by atoms with Crippen molar-refractivity contribution in [3.63, 3.8) is 0 Å². The number of methoxy groups -OCH3 is 1. The minimum absolute atomic E-state index is 0.0464. The second-order valence-corrected chi connectivity index (χ2v) is 4.71. The molecule has 2 rings (SSSR count). The van der Waals surface area contributed by atoms with Gasteiger partial charge in [0.05, 0.1) is 12.1 Å². The predicted octanol–water partition coefficient (Wildman–Crippen LogP) is 2.06. The van der Waals surface area contributed by atoms with Gasteiger partial charge >= 0.3 is 6.09 Å². The number of nitrogens with one attached hydrogen (secondary N) is 2. The second kappa shape index (κ2) is 9.58. The number of rotatable bonds is 3. The zero-order chi connectivity index (χ0) is 14.8. The third-order valence-corrected chi connectivity index (χ3v) is 3.34. The first-order chi connectivity index (χ1) is 9.67. The lowest BCUT2D eigenvalue weighted by atomic mass is 10.0. The van der Waals surface area contributed by atoms with E-state index >= 15 is 0 Å². The Labute approximate surface area is 124 Å². The Kier molecular flexibility index (Phi) is 8.02. The molecule has 5 nitrogen and oxygen atoms in total. The average Bonchev–Trinajstić information content (AvgIpc) is 2.49. The van der Waals surface area contributed by atoms with Crippen molar-refractivity contribution in [2.75, 3.05) is 20.2 Å². The van der Waals surface area contributed by atoms with Crippen molar-refractivity contribution >= 4 is 17.7 Å². The molecule has 1 aliphatic rings. The van der Waals surface area contributed by atoms with Gasteiger partial charge in [0.15, 0.2) is 0 Å². The lowest BCUT2D eigenvalue weighted by Crippen LogP contribution is -2.53. The minimum Gasteiger partial charge on any atom is -0.465 e. The molecule has 0 saturated carbocycles. The van der Waals surface area contributed by atoms with Gasteiger partial charge in [0, 0.05) is 19.5 Å². The fraction of sp³-hybridized carbons (Fsp3) is 0.500. The van der Waals surface area contributed by atoms with Crippen molar-refractivity contribution < 1.29 is 14.6 Å². The third kappa shape index (κ3) is 6.23. The Hall–Kier alpha value is -1.30. The number of piperidine rings is 1. The number of benzene rings is 1. The average molecular weight is 301 g/mol. The van der Waals surface area contributed by atoms with Gasteiger partial charge in [-0.15, -0.1) is 11.6 Å². The molecule has 1 aliphatic heterocycles. The van der Waals surface area contributed by atoms with Crippen LogP contribution >= 0.6 is 11.6 Å². The van der Waals surface area contributed by atoms with Crippen LogP contribution in [0, 0.1) is 0 Å². The third-order valence-electron chi connectivity index (χ3n) is 3.04. The fourth-order valence-electron chi connectivity index (χ4n) is 1.97. The molecule has 3 N–H and O–H groups in total. The molecule has 2 unspecified atom stereocenters. The maximum Gasteiger partial charge on any atom is 0.404 e. The van der Waals surface area contributed by atoms with Gasteiger partial charge in [-0.25, -0.2) is 4.79 Å². The van der Waals surface area contributed by atoms with Gasteiger partial charge in [0.25, 0.3) is 0 Å². The van der Waals surface area contributed by atoms with Crippen molar-refractivity contribution in [2.24, 2.45) is 0 Å². The number of carbonyl (C=O) groups is 1. The summed E-state index contributed by atoms with van der Waals surface area (Å²) in [4.78, 5) is 10.3. The number of ether oxygens (including phenoxy) is 1. The summed E-state index contributed by atoms with van der Waals surface area (Å²) in [6.07, 6.45) is -0.246. The maximum atomic E-state index is 10.3. The van der Waals surface area contributed by atoms with Gasteiger partial charge in [-0.1, -0.05) is 30.3 Å². The lowest BCUT2D eigenvalue weighted by molar-refractivity contribution is 0.0517. The molecule has 2 atom stereocenters. The molecule has 0 radical (unpaired) electrons.